The number of likely N-dealkylation sites (tertiary alicyclic amines) is 1. The van der Waals surface area contributed by atoms with Gasteiger partial charge in [-0.25, -0.2) is 0 Å². The maximum atomic E-state index is 12.2. The first-order valence-electron chi connectivity index (χ1n) is 10.3. The van der Waals surface area contributed by atoms with Crippen LogP contribution in [0.4, 0.5) is 13.2 Å². The average Bonchev–Trinajstić information content (AvgIpc) is 2.98. The number of alkyl halides is 3. The van der Waals surface area contributed by atoms with Gasteiger partial charge < -0.3 is 20.1 Å². The molecule has 31 heavy (non-hydrogen) atoms. The van der Waals surface area contributed by atoms with Crippen LogP contribution in [0.3, 0.4) is 0 Å². The normalized spacial score (nSPS) is 21.5. The Kier molecular flexibility index (Phi) is 13.0. The molecule has 0 aromatic rings. The van der Waals surface area contributed by atoms with Gasteiger partial charge in [-0.15, -0.1) is 0 Å². The van der Waals surface area contributed by atoms with Crippen molar-refractivity contribution in [3.63, 3.8) is 0 Å². The number of carbonyl (C=O) groups excluding carboxylic acids is 2. The third-order valence-corrected chi connectivity index (χ3v) is 4.98. The predicted molar refractivity (Wildman–Crippen MR) is 112 cm³/mol. The lowest BCUT2D eigenvalue weighted by Gasteiger charge is -2.27. The first kappa shape index (κ1) is 31.3. The second-order valence-corrected chi connectivity index (χ2v) is 8.76. The maximum Gasteiger partial charge on any atom is 0.471 e. The number of hydrogen-bond donors (Lipinski definition) is 2. The molecule has 0 aromatic heterocycles. The molecule has 7 nitrogen and oxygen atoms in total. The van der Waals surface area contributed by atoms with Crippen LogP contribution in [0.15, 0.2) is 0 Å². The zero-order valence-corrected chi connectivity index (χ0v) is 20.1. The average molecular weight is 457 g/mol. The highest BCUT2D eigenvalue weighted by Crippen LogP contribution is 2.61. The first-order valence-corrected chi connectivity index (χ1v) is 10.3. The summed E-state index contributed by atoms with van der Waals surface area (Å²) in [5.41, 5.74) is 0.305. The van der Waals surface area contributed by atoms with E-state index in [-0.39, 0.29) is 24.1 Å². The van der Waals surface area contributed by atoms with Crippen LogP contribution in [-0.4, -0.2) is 66.3 Å². The van der Waals surface area contributed by atoms with Crippen LogP contribution in [0.1, 0.15) is 61.8 Å². The van der Waals surface area contributed by atoms with Crippen molar-refractivity contribution in [2.75, 3.05) is 20.1 Å². The van der Waals surface area contributed by atoms with Gasteiger partial charge in [0.25, 0.3) is 6.47 Å². The largest absolute Gasteiger partial charge is 0.483 e. The fourth-order valence-electron chi connectivity index (χ4n) is 3.50. The minimum absolute atomic E-state index is 0.00226. The third-order valence-electron chi connectivity index (χ3n) is 4.98. The number of ether oxygens (including phenoxy) is 1. The number of hydrogen-bond acceptors (Lipinski definition) is 4. The van der Waals surface area contributed by atoms with E-state index in [0.29, 0.717) is 11.8 Å². The number of nitrogens with one attached hydrogen (secondary N) is 1. The Morgan fingerprint density at radius 3 is 1.84 bits per heavy atom. The molecular formula is C21H39F3N2O5. The molecule has 1 saturated carbocycles. The SMILES string of the molecule is CC.CNC(=O)C(F)(F)F.C[C@H](CC(=O)N1CC2C(C1)C2(C)C)OC(C)(C)C.O=CO. The zero-order chi connectivity index (χ0) is 25.2. The molecule has 1 saturated heterocycles. The predicted octanol–water partition coefficient (Wildman–Crippen LogP) is 3.72. The highest BCUT2D eigenvalue weighted by atomic mass is 19.4. The van der Waals surface area contributed by atoms with Crippen LogP contribution in [-0.2, 0) is 19.1 Å². The molecule has 2 N–H and O–H groups in total. The van der Waals surface area contributed by atoms with Gasteiger partial charge in [-0.2, -0.15) is 13.2 Å². The van der Waals surface area contributed by atoms with Crippen LogP contribution in [0.25, 0.3) is 0 Å². The van der Waals surface area contributed by atoms with Crippen molar-refractivity contribution in [2.24, 2.45) is 17.3 Å². The smallest absolute Gasteiger partial charge is 0.471 e. The summed E-state index contributed by atoms with van der Waals surface area (Å²) < 4.78 is 38.9. The van der Waals surface area contributed by atoms with Gasteiger partial charge in [0, 0.05) is 20.1 Å². The molecule has 10 heteroatoms. The number of rotatable bonds is 3. The van der Waals surface area contributed by atoms with Crippen molar-refractivity contribution in [3.8, 4) is 0 Å². The second-order valence-electron chi connectivity index (χ2n) is 8.76. The lowest BCUT2D eigenvalue weighted by molar-refractivity contribution is -0.173. The second kappa shape index (κ2) is 12.9. The summed E-state index contributed by atoms with van der Waals surface area (Å²) in [6.07, 6.45) is -4.23. The molecule has 2 rings (SSSR count). The Morgan fingerprint density at radius 1 is 1.19 bits per heavy atom. The van der Waals surface area contributed by atoms with E-state index in [9.17, 15) is 22.8 Å². The number of amides is 2. The molecule has 184 valence electrons. The number of fused-ring (bicyclic) bond motifs is 1. The van der Waals surface area contributed by atoms with Crippen molar-refractivity contribution >= 4 is 18.3 Å². The van der Waals surface area contributed by atoms with Gasteiger partial charge in [-0.05, 0) is 44.9 Å². The molecule has 1 heterocycles. The molecule has 2 unspecified atom stereocenters. The van der Waals surface area contributed by atoms with E-state index < -0.39 is 12.1 Å². The van der Waals surface area contributed by atoms with E-state index in [0.717, 1.165) is 32.0 Å². The van der Waals surface area contributed by atoms with E-state index >= 15 is 0 Å². The fraction of sp³-hybridized carbons (Fsp3) is 0.857. The molecule has 3 atom stereocenters. The Hall–Kier alpha value is -1.84. The lowest BCUT2D eigenvalue weighted by atomic mass is 10.1. The van der Waals surface area contributed by atoms with Gasteiger partial charge in [0.1, 0.15) is 0 Å². The number of carbonyl (C=O) groups is 3. The standard InChI is InChI=1S/C15H27NO2.C3H4F3NO.C2H6.CH2O2/c1-10(18-14(2,3)4)7-13(17)16-8-11-12(9-16)15(11,5)6;1-7-2(8)3(4,5)6;1-2;2-1-3/h10-12H,7-9H2,1-6H3;1H3,(H,7,8);1-2H3;1H,(H,2,3)/t10-,11?,12?;;;/m1.../s1. The number of nitrogens with zero attached hydrogens (tertiary/aromatic N) is 1. The first-order chi connectivity index (χ1) is 14.0. The number of halogens is 3. The molecular weight excluding hydrogens is 417 g/mol. The Morgan fingerprint density at radius 2 is 1.58 bits per heavy atom. The Balaban J connectivity index is 0. The third kappa shape index (κ3) is 11.4. The van der Waals surface area contributed by atoms with E-state index in [2.05, 4.69) is 13.8 Å². The molecule has 2 amide bonds. The van der Waals surface area contributed by atoms with Crippen LogP contribution in [0, 0.1) is 17.3 Å². The van der Waals surface area contributed by atoms with Crippen molar-refractivity contribution in [1.82, 2.24) is 10.2 Å². The quantitative estimate of drug-likeness (QED) is 0.631. The zero-order valence-electron chi connectivity index (χ0n) is 20.1. The van der Waals surface area contributed by atoms with Gasteiger partial charge in [0.05, 0.1) is 18.1 Å². The summed E-state index contributed by atoms with van der Waals surface area (Å²) in [6, 6.07) is 0. The minimum Gasteiger partial charge on any atom is -0.483 e. The van der Waals surface area contributed by atoms with Crippen molar-refractivity contribution < 1.29 is 37.4 Å². The maximum absolute atomic E-state index is 12.2. The monoisotopic (exact) mass is 456 g/mol. The minimum atomic E-state index is -4.74. The van der Waals surface area contributed by atoms with E-state index in [4.69, 9.17) is 14.6 Å². The summed E-state index contributed by atoms with van der Waals surface area (Å²) in [5.74, 6) is -0.187. The molecule has 2 aliphatic rings. The molecule has 0 bridgehead atoms. The molecule has 2 fully saturated rings. The number of carboxylic acid groups (broad SMARTS) is 1. The fourth-order valence-corrected chi connectivity index (χ4v) is 3.50. The molecule has 0 aromatic carbocycles. The summed E-state index contributed by atoms with van der Waals surface area (Å²) in [6.45, 7) is 18.4. The van der Waals surface area contributed by atoms with Crippen molar-refractivity contribution in [2.45, 2.75) is 79.7 Å². The van der Waals surface area contributed by atoms with Gasteiger partial charge in [-0.1, -0.05) is 27.7 Å². The summed E-state index contributed by atoms with van der Waals surface area (Å²) in [5, 5.41) is 8.33. The highest BCUT2D eigenvalue weighted by molar-refractivity contribution is 5.81. The lowest BCUT2D eigenvalue weighted by Crippen LogP contribution is -2.36. The summed E-state index contributed by atoms with van der Waals surface area (Å²) in [4.78, 5) is 32.2. The van der Waals surface area contributed by atoms with Crippen LogP contribution in [0.2, 0.25) is 0 Å². The van der Waals surface area contributed by atoms with Gasteiger partial charge in [-0.3, -0.25) is 14.4 Å². The summed E-state index contributed by atoms with van der Waals surface area (Å²) in [7, 11) is 0.926. The van der Waals surface area contributed by atoms with Crippen LogP contribution in [0.5, 0.6) is 0 Å². The molecule has 0 spiro atoms. The molecule has 1 aliphatic carbocycles. The molecule has 1 aliphatic heterocycles. The van der Waals surface area contributed by atoms with Gasteiger partial charge in [0.15, 0.2) is 0 Å². The van der Waals surface area contributed by atoms with Crippen molar-refractivity contribution in [3.05, 3.63) is 0 Å². The van der Waals surface area contributed by atoms with Crippen LogP contribution >= 0.6 is 0 Å². The Labute approximate surface area is 183 Å². The van der Waals surface area contributed by atoms with Gasteiger partial charge in [0.2, 0.25) is 5.91 Å². The Bertz CT molecular complexity index is 560. The van der Waals surface area contributed by atoms with E-state index in [1.165, 1.54) is 5.32 Å². The van der Waals surface area contributed by atoms with Crippen LogP contribution < -0.4 is 5.32 Å². The topological polar surface area (TPSA) is 95.9 Å². The summed E-state index contributed by atoms with van der Waals surface area (Å²) >= 11 is 0. The van der Waals surface area contributed by atoms with E-state index in [1.54, 1.807) is 0 Å². The highest BCUT2D eigenvalue weighted by Gasteiger charge is 2.62. The van der Waals surface area contributed by atoms with Gasteiger partial charge >= 0.3 is 12.1 Å². The number of piperidine rings is 1. The van der Waals surface area contributed by atoms with E-state index in [1.807, 2.05) is 46.4 Å². The molecule has 0 radical (unpaired) electrons. The van der Waals surface area contributed by atoms with Crippen molar-refractivity contribution in [1.29, 1.82) is 0 Å².